The van der Waals surface area contributed by atoms with Crippen molar-refractivity contribution >= 4 is 11.6 Å². The van der Waals surface area contributed by atoms with Gasteiger partial charge in [-0.15, -0.1) is 0 Å². The lowest BCUT2D eigenvalue weighted by Gasteiger charge is -2.20. The van der Waals surface area contributed by atoms with Gasteiger partial charge in [0.1, 0.15) is 5.71 Å². The highest BCUT2D eigenvalue weighted by Crippen LogP contribution is 1.99. The van der Waals surface area contributed by atoms with E-state index >= 15 is 0 Å². The van der Waals surface area contributed by atoms with E-state index < -0.39 is 0 Å². The summed E-state index contributed by atoms with van der Waals surface area (Å²) in [6.07, 6.45) is 6.87. The topological polar surface area (TPSA) is 99.2 Å². The maximum absolute atomic E-state index is 12.1. The number of aliphatic imine (C=N–C) groups is 1. The van der Waals surface area contributed by atoms with E-state index in [2.05, 4.69) is 4.99 Å². The van der Waals surface area contributed by atoms with Crippen molar-refractivity contribution in [3.63, 3.8) is 0 Å². The second-order valence-corrected chi connectivity index (χ2v) is 3.83. The van der Waals surface area contributed by atoms with Crippen LogP contribution >= 0.6 is 0 Å². The van der Waals surface area contributed by atoms with Crippen LogP contribution in [0.25, 0.3) is 0 Å². The Kier molecular flexibility index (Phi) is 6.27. The normalized spacial score (nSPS) is 19.1. The first kappa shape index (κ1) is 14.6. The Bertz CT molecular complexity index is 358. The highest BCUT2D eigenvalue weighted by atomic mass is 16.3. The molecule has 0 fully saturated rings. The average molecular weight is 253 g/mol. The van der Waals surface area contributed by atoms with Gasteiger partial charge in [-0.3, -0.25) is 9.79 Å². The molecule has 0 spiro atoms. The first-order valence-electron chi connectivity index (χ1n) is 5.85. The highest BCUT2D eigenvalue weighted by molar-refractivity contribution is 6.43. The zero-order chi connectivity index (χ0) is 13.4. The van der Waals surface area contributed by atoms with Gasteiger partial charge >= 0.3 is 0 Å². The molecule has 0 bridgehead atoms. The van der Waals surface area contributed by atoms with Crippen LogP contribution in [0.5, 0.6) is 0 Å². The smallest absolute Gasteiger partial charge is 0.272 e. The molecule has 0 saturated carbocycles. The van der Waals surface area contributed by atoms with Gasteiger partial charge in [-0.2, -0.15) is 0 Å². The third-order valence-electron chi connectivity index (χ3n) is 2.45. The van der Waals surface area contributed by atoms with Crippen LogP contribution in [0.1, 0.15) is 0 Å². The molecule has 0 aromatic rings. The van der Waals surface area contributed by atoms with Gasteiger partial charge in [0.2, 0.25) is 0 Å². The van der Waals surface area contributed by atoms with E-state index in [1.54, 1.807) is 24.3 Å². The average Bonchev–Trinajstić information content (AvgIpc) is 2.33. The number of aliphatic hydroxyl groups excluding tert-OH is 2. The fourth-order valence-electron chi connectivity index (χ4n) is 1.55. The largest absolute Gasteiger partial charge is 0.395 e. The summed E-state index contributed by atoms with van der Waals surface area (Å²) in [7, 11) is 0. The van der Waals surface area contributed by atoms with E-state index in [4.69, 9.17) is 15.9 Å². The van der Waals surface area contributed by atoms with Crippen molar-refractivity contribution in [2.24, 2.45) is 10.7 Å². The number of carbonyl (C=O) groups excluding carboxylic acids is 1. The summed E-state index contributed by atoms with van der Waals surface area (Å²) in [5.74, 6) is -0.308. The Labute approximate surface area is 106 Å². The molecule has 1 rings (SSSR count). The SMILES string of the molecule is NC1C=CCN=C(C(=O)N(CCO)CCO)C=C1. The van der Waals surface area contributed by atoms with Crippen molar-refractivity contribution < 1.29 is 15.0 Å². The zero-order valence-corrected chi connectivity index (χ0v) is 10.2. The number of carbonyl (C=O) groups is 1. The van der Waals surface area contributed by atoms with Crippen molar-refractivity contribution in [2.45, 2.75) is 6.04 Å². The van der Waals surface area contributed by atoms with Gasteiger partial charge in [-0.05, 0) is 6.08 Å². The quantitative estimate of drug-likeness (QED) is 0.530. The van der Waals surface area contributed by atoms with Gasteiger partial charge in [0.15, 0.2) is 0 Å². The molecule has 6 heteroatoms. The van der Waals surface area contributed by atoms with E-state index in [9.17, 15) is 4.79 Å². The maximum atomic E-state index is 12.1. The van der Waals surface area contributed by atoms with Gasteiger partial charge in [0.05, 0.1) is 19.8 Å². The maximum Gasteiger partial charge on any atom is 0.272 e. The van der Waals surface area contributed by atoms with Crippen molar-refractivity contribution in [1.82, 2.24) is 4.90 Å². The lowest BCUT2D eigenvalue weighted by Crippen LogP contribution is -2.40. The minimum Gasteiger partial charge on any atom is -0.395 e. The lowest BCUT2D eigenvalue weighted by molar-refractivity contribution is -0.125. The van der Waals surface area contributed by atoms with E-state index in [1.807, 2.05) is 0 Å². The second kappa shape index (κ2) is 7.75. The molecule has 0 aromatic heterocycles. The first-order valence-corrected chi connectivity index (χ1v) is 5.85. The molecular weight excluding hydrogens is 234 g/mol. The van der Waals surface area contributed by atoms with Crippen molar-refractivity contribution in [1.29, 1.82) is 0 Å². The number of hydrogen-bond acceptors (Lipinski definition) is 5. The number of nitrogens with zero attached hydrogens (tertiary/aromatic N) is 2. The summed E-state index contributed by atoms with van der Waals surface area (Å²) in [4.78, 5) is 17.6. The molecule has 4 N–H and O–H groups in total. The zero-order valence-electron chi connectivity index (χ0n) is 10.2. The molecule has 18 heavy (non-hydrogen) atoms. The molecule has 6 nitrogen and oxygen atoms in total. The molecule has 1 atom stereocenters. The fraction of sp³-hybridized carbons (Fsp3) is 0.500. The summed E-state index contributed by atoms with van der Waals surface area (Å²) in [6.45, 7) is 0.442. The van der Waals surface area contributed by atoms with Crippen LogP contribution in [0.15, 0.2) is 29.3 Å². The minimum atomic E-state index is -0.308. The number of amides is 1. The van der Waals surface area contributed by atoms with Crippen LogP contribution in [0.2, 0.25) is 0 Å². The van der Waals surface area contributed by atoms with Crippen LogP contribution < -0.4 is 5.73 Å². The molecule has 1 unspecified atom stereocenters. The molecule has 100 valence electrons. The summed E-state index contributed by atoms with van der Waals surface area (Å²) < 4.78 is 0. The molecule has 0 aliphatic carbocycles. The molecule has 0 radical (unpaired) electrons. The first-order chi connectivity index (χ1) is 8.69. The van der Waals surface area contributed by atoms with Gasteiger partial charge < -0.3 is 20.8 Å². The minimum absolute atomic E-state index is 0.151. The van der Waals surface area contributed by atoms with E-state index in [0.717, 1.165) is 0 Å². The Morgan fingerprint density at radius 1 is 1.39 bits per heavy atom. The van der Waals surface area contributed by atoms with Crippen LogP contribution in [0.3, 0.4) is 0 Å². The fourth-order valence-corrected chi connectivity index (χ4v) is 1.55. The number of aliphatic hydroxyl groups is 2. The molecule has 0 aromatic carbocycles. The standard InChI is InChI=1S/C12H19N3O3/c13-10-2-1-5-14-11(4-3-10)12(18)15(6-8-16)7-9-17/h1-4,10,16-17H,5-9,13H2. The third kappa shape index (κ3) is 4.40. The van der Waals surface area contributed by atoms with Crippen LogP contribution in [0.4, 0.5) is 0 Å². The number of rotatable bonds is 5. The van der Waals surface area contributed by atoms with Crippen molar-refractivity contribution in [3.05, 3.63) is 24.3 Å². The monoisotopic (exact) mass is 253 g/mol. The predicted molar refractivity (Wildman–Crippen MR) is 69.3 cm³/mol. The third-order valence-corrected chi connectivity index (χ3v) is 2.45. The van der Waals surface area contributed by atoms with Crippen LogP contribution in [-0.4, -0.2) is 65.6 Å². The Hall–Kier alpha value is -1.50. The summed E-state index contributed by atoms with van der Waals surface area (Å²) in [6, 6.07) is -0.229. The molecular formula is C12H19N3O3. The Morgan fingerprint density at radius 3 is 2.67 bits per heavy atom. The molecule has 1 aliphatic heterocycles. The van der Waals surface area contributed by atoms with E-state index in [-0.39, 0.29) is 44.0 Å². The Morgan fingerprint density at radius 2 is 2.06 bits per heavy atom. The van der Waals surface area contributed by atoms with Crippen LogP contribution in [0, 0.1) is 0 Å². The Balaban J connectivity index is 2.79. The summed E-state index contributed by atoms with van der Waals surface area (Å²) >= 11 is 0. The molecule has 1 aliphatic rings. The lowest BCUT2D eigenvalue weighted by atomic mass is 10.2. The second-order valence-electron chi connectivity index (χ2n) is 3.83. The predicted octanol–water partition coefficient (Wildman–Crippen LogP) is -1.31. The van der Waals surface area contributed by atoms with Crippen LogP contribution in [-0.2, 0) is 4.79 Å². The molecule has 1 amide bonds. The van der Waals surface area contributed by atoms with Gasteiger partial charge in [-0.25, -0.2) is 0 Å². The highest BCUT2D eigenvalue weighted by Gasteiger charge is 2.17. The van der Waals surface area contributed by atoms with Gasteiger partial charge in [0, 0.05) is 19.1 Å². The van der Waals surface area contributed by atoms with Crippen molar-refractivity contribution in [3.8, 4) is 0 Å². The summed E-state index contributed by atoms with van der Waals surface area (Å²) in [5, 5.41) is 17.8. The number of hydrogen-bond donors (Lipinski definition) is 3. The van der Waals surface area contributed by atoms with E-state index in [0.29, 0.717) is 6.54 Å². The molecule has 0 saturated heterocycles. The molecule has 1 heterocycles. The van der Waals surface area contributed by atoms with Gasteiger partial charge in [-0.1, -0.05) is 18.2 Å². The summed E-state index contributed by atoms with van der Waals surface area (Å²) in [5.41, 5.74) is 6.02. The van der Waals surface area contributed by atoms with E-state index in [1.165, 1.54) is 4.90 Å². The van der Waals surface area contributed by atoms with Gasteiger partial charge in [0.25, 0.3) is 5.91 Å². The van der Waals surface area contributed by atoms with Crippen molar-refractivity contribution in [2.75, 3.05) is 32.8 Å². The number of nitrogens with two attached hydrogens (primary N) is 1.